The molecule has 164 valence electrons. The molecular weight excluding hydrogens is 423 g/mol. The van der Waals surface area contributed by atoms with Crippen LogP contribution in [0.15, 0.2) is 54.6 Å². The summed E-state index contributed by atoms with van der Waals surface area (Å²) in [6, 6.07) is 13.3. The highest BCUT2D eigenvalue weighted by atomic mass is 19.4. The summed E-state index contributed by atoms with van der Waals surface area (Å²) in [5.41, 5.74) is 5.94. The van der Waals surface area contributed by atoms with Crippen molar-refractivity contribution >= 4 is 17.5 Å². The van der Waals surface area contributed by atoms with E-state index in [9.17, 15) is 13.2 Å². The summed E-state index contributed by atoms with van der Waals surface area (Å²) in [5.74, 6) is 2.36. The van der Waals surface area contributed by atoms with Crippen LogP contribution in [-0.4, -0.2) is 25.1 Å². The number of ether oxygens (including phenoxy) is 1. The van der Waals surface area contributed by atoms with E-state index < -0.39 is 11.7 Å². The SMILES string of the molecule is CCc1nc(N)cc(Oc2ccc(-c3nc(Nc4cccc(C(F)(F)F)c4)n[nH]3)cc2)n1. The number of halogens is 3. The van der Waals surface area contributed by atoms with Crippen LogP contribution in [0.3, 0.4) is 0 Å². The van der Waals surface area contributed by atoms with Crippen molar-refractivity contribution in [1.29, 1.82) is 0 Å². The molecule has 4 rings (SSSR count). The molecule has 32 heavy (non-hydrogen) atoms. The van der Waals surface area contributed by atoms with Crippen LogP contribution >= 0.6 is 0 Å². The number of aryl methyl sites for hydroxylation is 1. The minimum absolute atomic E-state index is 0.142. The molecule has 0 aliphatic rings. The highest BCUT2D eigenvalue weighted by molar-refractivity contribution is 5.60. The molecule has 0 atom stereocenters. The predicted molar refractivity (Wildman–Crippen MR) is 112 cm³/mol. The first-order valence-corrected chi connectivity index (χ1v) is 9.58. The van der Waals surface area contributed by atoms with Crippen LogP contribution < -0.4 is 15.8 Å². The van der Waals surface area contributed by atoms with Crippen molar-refractivity contribution in [3.8, 4) is 23.0 Å². The number of aromatic nitrogens is 5. The normalized spacial score (nSPS) is 11.4. The Morgan fingerprint density at radius 2 is 1.81 bits per heavy atom. The number of hydrogen-bond donors (Lipinski definition) is 3. The molecule has 2 aromatic heterocycles. The van der Waals surface area contributed by atoms with Crippen molar-refractivity contribution in [1.82, 2.24) is 25.1 Å². The molecule has 4 aromatic rings. The quantitative estimate of drug-likeness (QED) is 0.387. The van der Waals surface area contributed by atoms with E-state index in [0.717, 1.165) is 12.1 Å². The number of nitrogens with one attached hydrogen (secondary N) is 2. The van der Waals surface area contributed by atoms with Crippen LogP contribution in [0.4, 0.5) is 30.6 Å². The fourth-order valence-corrected chi connectivity index (χ4v) is 2.85. The average Bonchev–Trinajstić information content (AvgIpc) is 3.22. The number of hydrogen-bond acceptors (Lipinski definition) is 7. The van der Waals surface area contributed by atoms with Gasteiger partial charge in [0.2, 0.25) is 11.8 Å². The van der Waals surface area contributed by atoms with Gasteiger partial charge in [-0.15, -0.1) is 5.10 Å². The Kier molecular flexibility index (Phi) is 5.63. The van der Waals surface area contributed by atoms with E-state index in [1.807, 2.05) is 6.92 Å². The van der Waals surface area contributed by atoms with E-state index in [-0.39, 0.29) is 11.6 Å². The van der Waals surface area contributed by atoms with E-state index in [0.29, 0.717) is 41.1 Å². The lowest BCUT2D eigenvalue weighted by Gasteiger charge is -2.08. The molecule has 0 amide bonds. The summed E-state index contributed by atoms with van der Waals surface area (Å²) in [4.78, 5) is 12.7. The smallest absolute Gasteiger partial charge is 0.416 e. The average molecular weight is 441 g/mol. The summed E-state index contributed by atoms with van der Waals surface area (Å²) >= 11 is 0. The van der Waals surface area contributed by atoms with Gasteiger partial charge in [-0.1, -0.05) is 13.0 Å². The first-order chi connectivity index (χ1) is 15.3. The second-order valence-electron chi connectivity index (χ2n) is 6.74. The van der Waals surface area contributed by atoms with Gasteiger partial charge in [-0.25, -0.2) is 4.98 Å². The molecule has 0 spiro atoms. The molecule has 0 saturated carbocycles. The maximum Gasteiger partial charge on any atom is 0.416 e. The Morgan fingerprint density at radius 3 is 2.53 bits per heavy atom. The lowest BCUT2D eigenvalue weighted by molar-refractivity contribution is -0.137. The van der Waals surface area contributed by atoms with Gasteiger partial charge < -0.3 is 15.8 Å². The Balaban J connectivity index is 1.46. The minimum atomic E-state index is -4.43. The summed E-state index contributed by atoms with van der Waals surface area (Å²) in [5, 5.41) is 9.53. The molecule has 11 heteroatoms. The van der Waals surface area contributed by atoms with Crippen molar-refractivity contribution in [2.45, 2.75) is 19.5 Å². The number of alkyl halides is 3. The number of benzene rings is 2. The predicted octanol–water partition coefficient (Wildman–Crippen LogP) is 4.96. The molecule has 0 aliphatic carbocycles. The number of rotatable bonds is 6. The molecular formula is C21H18F3N7O. The number of aromatic amines is 1. The standard InChI is InChI=1S/C21H18F3N7O/c1-2-17-27-16(25)11-18(28-17)32-15-8-6-12(7-9-15)19-29-20(31-30-19)26-14-5-3-4-13(10-14)21(22,23)24/h3-11H,2H2,1H3,(H2,25,27,28)(H2,26,29,30,31). The highest BCUT2D eigenvalue weighted by Crippen LogP contribution is 2.31. The summed E-state index contributed by atoms with van der Waals surface area (Å²) in [6.07, 6.45) is -3.80. The molecule has 4 N–H and O–H groups in total. The topological polar surface area (TPSA) is 115 Å². The van der Waals surface area contributed by atoms with Gasteiger partial charge >= 0.3 is 6.18 Å². The Hall–Kier alpha value is -4.15. The largest absolute Gasteiger partial charge is 0.439 e. The molecule has 0 radical (unpaired) electrons. The molecule has 2 aromatic carbocycles. The second kappa shape index (κ2) is 8.53. The maximum atomic E-state index is 12.9. The van der Waals surface area contributed by atoms with E-state index in [2.05, 4.69) is 30.5 Å². The van der Waals surface area contributed by atoms with E-state index in [1.54, 1.807) is 24.3 Å². The second-order valence-corrected chi connectivity index (χ2v) is 6.74. The molecule has 2 heterocycles. The fraction of sp³-hybridized carbons (Fsp3) is 0.143. The van der Waals surface area contributed by atoms with Crippen molar-refractivity contribution < 1.29 is 17.9 Å². The van der Waals surface area contributed by atoms with Crippen molar-refractivity contribution in [2.75, 3.05) is 11.1 Å². The Morgan fingerprint density at radius 1 is 1.03 bits per heavy atom. The van der Waals surface area contributed by atoms with Gasteiger partial charge in [-0.05, 0) is 42.5 Å². The summed E-state index contributed by atoms with van der Waals surface area (Å²) < 4.78 is 44.3. The van der Waals surface area contributed by atoms with Gasteiger partial charge in [-0.2, -0.15) is 23.1 Å². The number of nitrogen functional groups attached to an aromatic ring is 1. The van der Waals surface area contributed by atoms with E-state index in [4.69, 9.17) is 10.5 Å². The highest BCUT2D eigenvalue weighted by Gasteiger charge is 2.30. The zero-order valence-electron chi connectivity index (χ0n) is 16.8. The number of anilines is 3. The molecule has 0 saturated heterocycles. The lowest BCUT2D eigenvalue weighted by atomic mass is 10.2. The monoisotopic (exact) mass is 441 g/mol. The van der Waals surface area contributed by atoms with Crippen LogP contribution in [0.25, 0.3) is 11.4 Å². The van der Waals surface area contributed by atoms with Gasteiger partial charge in [-0.3, -0.25) is 5.10 Å². The van der Waals surface area contributed by atoms with Gasteiger partial charge in [0, 0.05) is 23.7 Å². The number of nitrogens with zero attached hydrogens (tertiary/aromatic N) is 4. The third-order valence-corrected chi connectivity index (χ3v) is 4.37. The first kappa shape index (κ1) is 21.1. The molecule has 0 bridgehead atoms. The summed E-state index contributed by atoms with van der Waals surface area (Å²) in [7, 11) is 0. The summed E-state index contributed by atoms with van der Waals surface area (Å²) in [6.45, 7) is 1.92. The van der Waals surface area contributed by atoms with Crippen LogP contribution in [0.1, 0.15) is 18.3 Å². The Labute approximate surface area is 180 Å². The minimum Gasteiger partial charge on any atom is -0.439 e. The molecule has 0 fully saturated rings. The van der Waals surface area contributed by atoms with E-state index >= 15 is 0 Å². The zero-order valence-corrected chi connectivity index (χ0v) is 16.8. The van der Waals surface area contributed by atoms with Gasteiger partial charge in [0.1, 0.15) is 17.4 Å². The fourth-order valence-electron chi connectivity index (χ4n) is 2.85. The van der Waals surface area contributed by atoms with Crippen molar-refractivity contribution in [3.63, 3.8) is 0 Å². The Bertz CT molecular complexity index is 1220. The van der Waals surface area contributed by atoms with Crippen LogP contribution in [0.5, 0.6) is 11.6 Å². The van der Waals surface area contributed by atoms with Gasteiger partial charge in [0.15, 0.2) is 5.82 Å². The van der Waals surface area contributed by atoms with Crippen LogP contribution in [-0.2, 0) is 12.6 Å². The molecule has 0 aliphatic heterocycles. The number of nitrogens with two attached hydrogens (primary N) is 1. The lowest BCUT2D eigenvalue weighted by Crippen LogP contribution is -2.05. The van der Waals surface area contributed by atoms with E-state index in [1.165, 1.54) is 18.2 Å². The van der Waals surface area contributed by atoms with Crippen molar-refractivity contribution in [3.05, 3.63) is 66.0 Å². The zero-order chi connectivity index (χ0) is 22.7. The number of H-pyrrole nitrogens is 1. The third-order valence-electron chi connectivity index (χ3n) is 4.37. The van der Waals surface area contributed by atoms with Crippen molar-refractivity contribution in [2.24, 2.45) is 0 Å². The van der Waals surface area contributed by atoms with Crippen LogP contribution in [0.2, 0.25) is 0 Å². The first-order valence-electron chi connectivity index (χ1n) is 9.58. The third kappa shape index (κ3) is 4.94. The molecule has 8 nitrogen and oxygen atoms in total. The van der Waals surface area contributed by atoms with Gasteiger partial charge in [0.25, 0.3) is 0 Å². The molecule has 0 unspecified atom stereocenters. The van der Waals surface area contributed by atoms with Crippen LogP contribution in [0, 0.1) is 0 Å². The van der Waals surface area contributed by atoms with Gasteiger partial charge in [0.05, 0.1) is 5.56 Å². The maximum absolute atomic E-state index is 12.9.